The number of aromatic amines is 1. The van der Waals surface area contributed by atoms with Crippen LogP contribution in [0.5, 0.6) is 0 Å². The molecule has 1 amide bonds. The smallest absolute Gasteiger partial charge is 0.233 e. The minimum atomic E-state index is -0.432. The van der Waals surface area contributed by atoms with Gasteiger partial charge in [-0.15, -0.1) is 0 Å². The summed E-state index contributed by atoms with van der Waals surface area (Å²) in [4.78, 5) is 15.7. The molecule has 3 rings (SSSR count). The number of rotatable bonds is 5. The third-order valence-electron chi connectivity index (χ3n) is 4.36. The number of carbonyl (C=O) groups excluding carboxylic acids is 1. The van der Waals surface area contributed by atoms with E-state index in [1.165, 1.54) is 18.5 Å². The van der Waals surface area contributed by atoms with E-state index in [0.29, 0.717) is 25.6 Å². The van der Waals surface area contributed by atoms with Gasteiger partial charge in [0, 0.05) is 51.4 Å². The molecule has 0 aromatic carbocycles. The number of aliphatic hydroxyl groups is 1. The molecule has 1 saturated heterocycles. The quantitative estimate of drug-likeness (QED) is 0.684. The summed E-state index contributed by atoms with van der Waals surface area (Å²) < 4.78 is 0. The lowest BCUT2D eigenvalue weighted by atomic mass is 10.2. The van der Waals surface area contributed by atoms with Crippen LogP contribution in [0.4, 0.5) is 0 Å². The standard InChI is InChI=1S/C15H25N5O2/c1-16-15(22)10-20-5-4-19(8-13(21)9-20)7-12-6-14(18-17-12)11-2-3-11/h6,11,13,21H,2-5,7-10H2,1H3,(H,16,22)(H,17,18)/t13-/m0/s1. The maximum atomic E-state index is 11.5. The summed E-state index contributed by atoms with van der Waals surface area (Å²) in [5.41, 5.74) is 2.28. The Bertz CT molecular complexity index is 514. The number of hydrogen-bond acceptors (Lipinski definition) is 5. The molecule has 1 atom stereocenters. The van der Waals surface area contributed by atoms with Crippen molar-refractivity contribution in [3.05, 3.63) is 17.5 Å². The van der Waals surface area contributed by atoms with Crippen LogP contribution in [0.15, 0.2) is 6.07 Å². The van der Waals surface area contributed by atoms with Crippen LogP contribution in [-0.4, -0.2) is 76.9 Å². The highest BCUT2D eigenvalue weighted by Gasteiger charge is 2.27. The number of likely N-dealkylation sites (N-methyl/N-ethyl adjacent to an activating group) is 1. The molecule has 1 aliphatic carbocycles. The van der Waals surface area contributed by atoms with Crippen molar-refractivity contribution in [2.75, 3.05) is 39.8 Å². The molecule has 22 heavy (non-hydrogen) atoms. The zero-order valence-electron chi connectivity index (χ0n) is 13.1. The number of aromatic nitrogens is 2. The van der Waals surface area contributed by atoms with Crippen LogP contribution in [0, 0.1) is 0 Å². The molecule has 1 aliphatic heterocycles. The van der Waals surface area contributed by atoms with Crippen molar-refractivity contribution in [2.45, 2.75) is 31.4 Å². The van der Waals surface area contributed by atoms with Gasteiger partial charge in [0.25, 0.3) is 0 Å². The number of amides is 1. The van der Waals surface area contributed by atoms with Crippen LogP contribution in [0.1, 0.15) is 30.1 Å². The number of β-amino-alcohol motifs (C(OH)–C–C–N with tert-alkyl or cyclic N) is 1. The van der Waals surface area contributed by atoms with Crippen molar-refractivity contribution in [3.63, 3.8) is 0 Å². The van der Waals surface area contributed by atoms with Crippen LogP contribution in [0.25, 0.3) is 0 Å². The highest BCUT2D eigenvalue weighted by molar-refractivity contribution is 5.77. The molecule has 7 heteroatoms. The summed E-state index contributed by atoms with van der Waals surface area (Å²) >= 11 is 0. The van der Waals surface area contributed by atoms with Crippen molar-refractivity contribution in [1.82, 2.24) is 25.3 Å². The highest BCUT2D eigenvalue weighted by atomic mass is 16.3. The lowest BCUT2D eigenvalue weighted by molar-refractivity contribution is -0.121. The summed E-state index contributed by atoms with van der Waals surface area (Å²) in [6.07, 6.45) is 2.07. The molecule has 122 valence electrons. The Kier molecular flexibility index (Phi) is 4.75. The normalized spacial score (nSPS) is 24.2. The van der Waals surface area contributed by atoms with E-state index in [2.05, 4.69) is 26.5 Å². The van der Waals surface area contributed by atoms with E-state index in [0.717, 1.165) is 25.3 Å². The molecule has 0 unspecified atom stereocenters. The van der Waals surface area contributed by atoms with Gasteiger partial charge >= 0.3 is 0 Å². The second-order valence-corrected chi connectivity index (χ2v) is 6.39. The molecule has 2 aliphatic rings. The average Bonchev–Trinajstić information content (AvgIpc) is 3.26. The first kappa shape index (κ1) is 15.5. The molecule has 0 radical (unpaired) electrons. The monoisotopic (exact) mass is 307 g/mol. The number of H-pyrrole nitrogens is 1. The Labute approximate surface area is 130 Å². The molecule has 0 bridgehead atoms. The van der Waals surface area contributed by atoms with Gasteiger partial charge in [-0.3, -0.25) is 19.7 Å². The summed E-state index contributed by atoms with van der Waals surface area (Å²) in [5.74, 6) is 0.645. The maximum absolute atomic E-state index is 11.5. The third kappa shape index (κ3) is 4.06. The molecule has 0 spiro atoms. The Balaban J connectivity index is 1.54. The molecule has 7 nitrogen and oxygen atoms in total. The Morgan fingerprint density at radius 2 is 2.14 bits per heavy atom. The molecule has 1 saturated carbocycles. The van der Waals surface area contributed by atoms with Crippen molar-refractivity contribution < 1.29 is 9.90 Å². The van der Waals surface area contributed by atoms with Gasteiger partial charge in [0.15, 0.2) is 0 Å². The summed E-state index contributed by atoms with van der Waals surface area (Å²) in [5, 5.41) is 20.3. The number of aliphatic hydroxyl groups excluding tert-OH is 1. The van der Waals surface area contributed by atoms with E-state index in [1.807, 2.05) is 4.90 Å². The lowest BCUT2D eigenvalue weighted by Crippen LogP contribution is -2.40. The molecule has 2 fully saturated rings. The van der Waals surface area contributed by atoms with Crippen molar-refractivity contribution >= 4 is 5.91 Å². The van der Waals surface area contributed by atoms with Crippen LogP contribution in [-0.2, 0) is 11.3 Å². The van der Waals surface area contributed by atoms with Gasteiger partial charge in [0.2, 0.25) is 5.91 Å². The van der Waals surface area contributed by atoms with E-state index in [9.17, 15) is 9.90 Å². The molecule has 1 aromatic rings. The van der Waals surface area contributed by atoms with Crippen LogP contribution >= 0.6 is 0 Å². The molecular weight excluding hydrogens is 282 g/mol. The second kappa shape index (κ2) is 6.76. The van der Waals surface area contributed by atoms with E-state index >= 15 is 0 Å². The number of hydrogen-bond donors (Lipinski definition) is 3. The molecule has 2 heterocycles. The van der Waals surface area contributed by atoms with Crippen LogP contribution < -0.4 is 5.32 Å². The first-order valence-corrected chi connectivity index (χ1v) is 8.01. The fraction of sp³-hybridized carbons (Fsp3) is 0.733. The first-order chi connectivity index (χ1) is 10.6. The van der Waals surface area contributed by atoms with E-state index in [1.54, 1.807) is 7.05 Å². The molecule has 1 aromatic heterocycles. The van der Waals surface area contributed by atoms with Crippen LogP contribution in [0.2, 0.25) is 0 Å². The molecular formula is C15H25N5O2. The Hall–Kier alpha value is -1.44. The zero-order chi connectivity index (χ0) is 15.5. The van der Waals surface area contributed by atoms with Gasteiger partial charge in [-0.05, 0) is 18.9 Å². The van der Waals surface area contributed by atoms with Crippen molar-refractivity contribution in [3.8, 4) is 0 Å². The minimum absolute atomic E-state index is 0.0108. The Morgan fingerprint density at radius 3 is 2.86 bits per heavy atom. The van der Waals surface area contributed by atoms with Gasteiger partial charge in [-0.25, -0.2) is 0 Å². The van der Waals surface area contributed by atoms with E-state index in [-0.39, 0.29) is 5.91 Å². The predicted molar refractivity (Wildman–Crippen MR) is 82.4 cm³/mol. The van der Waals surface area contributed by atoms with E-state index in [4.69, 9.17) is 0 Å². The van der Waals surface area contributed by atoms with Gasteiger partial charge in [-0.1, -0.05) is 0 Å². The van der Waals surface area contributed by atoms with Gasteiger partial charge < -0.3 is 10.4 Å². The largest absolute Gasteiger partial charge is 0.390 e. The predicted octanol–water partition coefficient (Wildman–Crippen LogP) is -0.488. The van der Waals surface area contributed by atoms with Gasteiger partial charge in [0.1, 0.15) is 0 Å². The number of nitrogens with one attached hydrogen (secondary N) is 2. The van der Waals surface area contributed by atoms with E-state index < -0.39 is 6.10 Å². The third-order valence-corrected chi connectivity index (χ3v) is 4.36. The van der Waals surface area contributed by atoms with Gasteiger partial charge in [0.05, 0.1) is 18.3 Å². The fourth-order valence-corrected chi connectivity index (χ4v) is 2.98. The average molecular weight is 307 g/mol. The zero-order valence-corrected chi connectivity index (χ0v) is 13.1. The van der Waals surface area contributed by atoms with Crippen molar-refractivity contribution in [1.29, 1.82) is 0 Å². The highest BCUT2D eigenvalue weighted by Crippen LogP contribution is 2.39. The number of nitrogens with zero attached hydrogens (tertiary/aromatic N) is 3. The number of carbonyl (C=O) groups is 1. The summed E-state index contributed by atoms with van der Waals surface area (Å²) in [6.45, 7) is 3.91. The molecule has 3 N–H and O–H groups in total. The lowest BCUT2D eigenvalue weighted by Gasteiger charge is -2.20. The summed E-state index contributed by atoms with van der Waals surface area (Å²) in [6, 6.07) is 2.15. The van der Waals surface area contributed by atoms with Crippen LogP contribution in [0.3, 0.4) is 0 Å². The summed E-state index contributed by atoms with van der Waals surface area (Å²) in [7, 11) is 1.64. The minimum Gasteiger partial charge on any atom is -0.390 e. The Morgan fingerprint density at radius 1 is 1.41 bits per heavy atom. The fourth-order valence-electron chi connectivity index (χ4n) is 2.98. The SMILES string of the molecule is CNC(=O)CN1CCN(Cc2cc(C3CC3)n[nH]2)C[C@H](O)C1. The first-order valence-electron chi connectivity index (χ1n) is 8.01. The van der Waals surface area contributed by atoms with Gasteiger partial charge in [-0.2, -0.15) is 5.10 Å². The second-order valence-electron chi connectivity index (χ2n) is 6.39. The van der Waals surface area contributed by atoms with Crippen molar-refractivity contribution in [2.24, 2.45) is 0 Å². The topological polar surface area (TPSA) is 84.5 Å². The maximum Gasteiger partial charge on any atom is 0.233 e.